The van der Waals surface area contributed by atoms with Gasteiger partial charge in [-0.15, -0.1) is 0 Å². The number of nitrogens with zero attached hydrogens (tertiary/aromatic N) is 3. The van der Waals surface area contributed by atoms with E-state index >= 15 is 0 Å². The first-order chi connectivity index (χ1) is 12.6. The van der Waals surface area contributed by atoms with E-state index in [0.717, 1.165) is 11.1 Å². The molecule has 0 bridgehead atoms. The van der Waals surface area contributed by atoms with E-state index in [9.17, 15) is 4.79 Å². The Balaban J connectivity index is 1.93. The molecule has 1 aliphatic rings. The van der Waals surface area contributed by atoms with Crippen molar-refractivity contribution in [2.45, 2.75) is 6.17 Å². The number of rotatable bonds is 2. The first kappa shape index (κ1) is 16.4. The first-order valence-electron chi connectivity index (χ1n) is 8.09. The van der Waals surface area contributed by atoms with Gasteiger partial charge in [0.2, 0.25) is 0 Å². The zero-order valence-electron chi connectivity index (χ0n) is 13.7. The number of pyridine rings is 1. The zero-order chi connectivity index (χ0) is 18.1. The van der Waals surface area contributed by atoms with Gasteiger partial charge in [0.25, 0.3) is 5.91 Å². The average molecular weight is 363 g/mol. The van der Waals surface area contributed by atoms with Gasteiger partial charge in [-0.2, -0.15) is 0 Å². The summed E-state index contributed by atoms with van der Waals surface area (Å²) in [4.78, 5) is 23.3. The second kappa shape index (κ2) is 6.71. The molecule has 5 nitrogen and oxygen atoms in total. The van der Waals surface area contributed by atoms with E-state index in [-0.39, 0.29) is 5.91 Å². The summed E-state index contributed by atoms with van der Waals surface area (Å²) in [5.74, 6) is 0.102. The fourth-order valence-corrected chi connectivity index (χ4v) is 3.06. The van der Waals surface area contributed by atoms with E-state index in [4.69, 9.17) is 17.3 Å². The molecule has 26 heavy (non-hydrogen) atoms. The molecule has 0 saturated carbocycles. The van der Waals surface area contributed by atoms with Crippen molar-refractivity contribution in [3.05, 3.63) is 89.1 Å². The molecule has 0 aliphatic carbocycles. The number of hydrogen-bond donors (Lipinski definition) is 1. The Morgan fingerprint density at radius 3 is 2.42 bits per heavy atom. The summed E-state index contributed by atoms with van der Waals surface area (Å²) in [6.45, 7) is 0. The number of hydrogen-bond acceptors (Lipinski definition) is 4. The van der Waals surface area contributed by atoms with Crippen molar-refractivity contribution in [1.82, 2.24) is 4.98 Å². The van der Waals surface area contributed by atoms with Crippen LogP contribution in [0.4, 0.5) is 11.5 Å². The Kier molecular flexibility index (Phi) is 4.24. The predicted octanol–water partition coefficient (Wildman–Crippen LogP) is 3.54. The number of amides is 1. The third kappa shape index (κ3) is 2.87. The number of carbonyl (C=O) groups excluding carboxylic acids is 1. The summed E-state index contributed by atoms with van der Waals surface area (Å²) in [6, 6.07) is 20.6. The van der Waals surface area contributed by atoms with Crippen molar-refractivity contribution in [1.29, 1.82) is 0 Å². The minimum atomic E-state index is -1.03. The lowest BCUT2D eigenvalue weighted by atomic mass is 10.0. The van der Waals surface area contributed by atoms with Gasteiger partial charge in [-0.05, 0) is 18.2 Å². The van der Waals surface area contributed by atoms with E-state index in [1.54, 1.807) is 12.1 Å². The maximum Gasteiger partial charge on any atom is 0.272 e. The van der Waals surface area contributed by atoms with Crippen molar-refractivity contribution in [2.75, 3.05) is 4.90 Å². The minimum absolute atomic E-state index is 0.349. The number of benzodiazepines with no additional fused rings is 1. The van der Waals surface area contributed by atoms with Crippen LogP contribution in [0.3, 0.4) is 0 Å². The number of carbonyl (C=O) groups is 1. The second-order valence-electron chi connectivity index (χ2n) is 5.81. The van der Waals surface area contributed by atoms with Gasteiger partial charge in [0.1, 0.15) is 5.82 Å². The highest BCUT2D eigenvalue weighted by molar-refractivity contribution is 6.30. The van der Waals surface area contributed by atoms with Gasteiger partial charge >= 0.3 is 0 Å². The predicted molar refractivity (Wildman–Crippen MR) is 103 cm³/mol. The Morgan fingerprint density at radius 1 is 0.962 bits per heavy atom. The van der Waals surface area contributed by atoms with E-state index in [1.165, 1.54) is 11.1 Å². The van der Waals surface area contributed by atoms with Crippen LogP contribution in [0.15, 0.2) is 77.9 Å². The second-order valence-corrected chi connectivity index (χ2v) is 6.25. The smallest absolute Gasteiger partial charge is 0.272 e. The molecule has 0 radical (unpaired) electrons. The Morgan fingerprint density at radius 2 is 1.69 bits per heavy atom. The number of halogens is 1. The summed E-state index contributed by atoms with van der Waals surface area (Å²) >= 11 is 5.94. The number of fused-ring (bicyclic) bond motifs is 1. The standard InChI is InChI=1S/C20H15ClN4O/c21-14-10-11-17(23-12-14)25-16-9-5-4-8-15(16)18(24-19(22)20(25)26)13-6-2-1-3-7-13/h1-12,19H,22H2/t19-/m0/s1. The molecule has 0 saturated heterocycles. The van der Waals surface area contributed by atoms with Gasteiger partial charge < -0.3 is 5.73 Å². The topological polar surface area (TPSA) is 71.6 Å². The van der Waals surface area contributed by atoms with Crippen LogP contribution in [0.5, 0.6) is 0 Å². The number of nitrogens with two attached hydrogens (primary N) is 1. The molecule has 0 unspecified atom stereocenters. The Bertz CT molecular complexity index is 986. The van der Waals surface area contributed by atoms with Gasteiger partial charge in [0, 0.05) is 17.3 Å². The van der Waals surface area contributed by atoms with Gasteiger partial charge in [0.15, 0.2) is 6.17 Å². The van der Waals surface area contributed by atoms with Gasteiger partial charge in [-0.3, -0.25) is 14.7 Å². The molecule has 2 N–H and O–H groups in total. The maximum absolute atomic E-state index is 13.0. The van der Waals surface area contributed by atoms with Gasteiger partial charge in [-0.25, -0.2) is 4.98 Å². The Hall–Kier alpha value is -3.02. The first-order valence-corrected chi connectivity index (χ1v) is 8.46. The molecule has 1 amide bonds. The van der Waals surface area contributed by atoms with Crippen LogP contribution >= 0.6 is 11.6 Å². The highest BCUT2D eigenvalue weighted by Gasteiger charge is 2.31. The molecule has 128 valence electrons. The number of benzene rings is 2. The quantitative estimate of drug-likeness (QED) is 0.758. The average Bonchev–Trinajstić information content (AvgIpc) is 2.79. The summed E-state index contributed by atoms with van der Waals surface area (Å²) in [5, 5.41) is 0.495. The molecule has 1 aromatic heterocycles. The maximum atomic E-state index is 13.0. The number of anilines is 2. The summed E-state index contributed by atoms with van der Waals surface area (Å²) < 4.78 is 0. The SMILES string of the molecule is N[C@H]1N=C(c2ccccc2)c2ccccc2N(c2ccc(Cl)cn2)C1=O. The fourth-order valence-electron chi connectivity index (χ4n) is 2.95. The molecule has 2 aromatic carbocycles. The lowest BCUT2D eigenvalue weighted by Crippen LogP contribution is -2.40. The van der Waals surface area contributed by atoms with E-state index in [1.807, 2.05) is 54.6 Å². The van der Waals surface area contributed by atoms with Crippen molar-refractivity contribution in [3.8, 4) is 0 Å². The number of aliphatic imine (C=N–C) groups is 1. The van der Waals surface area contributed by atoms with Gasteiger partial charge in [-0.1, -0.05) is 60.1 Å². The highest BCUT2D eigenvalue weighted by atomic mass is 35.5. The third-order valence-electron chi connectivity index (χ3n) is 4.13. The molecule has 0 fully saturated rings. The van der Waals surface area contributed by atoms with Crippen LogP contribution < -0.4 is 10.6 Å². The summed E-state index contributed by atoms with van der Waals surface area (Å²) in [6.07, 6.45) is 0.470. The number of para-hydroxylation sites is 1. The highest BCUT2D eigenvalue weighted by Crippen LogP contribution is 2.32. The molecular formula is C20H15ClN4O. The number of aromatic nitrogens is 1. The minimum Gasteiger partial charge on any atom is -0.302 e. The lowest BCUT2D eigenvalue weighted by molar-refractivity contribution is -0.118. The molecule has 4 rings (SSSR count). The van der Waals surface area contributed by atoms with Gasteiger partial charge in [0.05, 0.1) is 16.4 Å². The van der Waals surface area contributed by atoms with Crippen LogP contribution in [0, 0.1) is 0 Å². The van der Waals surface area contributed by atoms with Crippen molar-refractivity contribution in [3.63, 3.8) is 0 Å². The normalized spacial score (nSPS) is 16.7. The van der Waals surface area contributed by atoms with Crippen LogP contribution in [0.1, 0.15) is 11.1 Å². The van der Waals surface area contributed by atoms with Crippen LogP contribution in [0.2, 0.25) is 5.02 Å². The molecule has 2 heterocycles. The zero-order valence-corrected chi connectivity index (χ0v) is 14.5. The molecule has 3 aromatic rings. The lowest BCUT2D eigenvalue weighted by Gasteiger charge is -2.23. The third-order valence-corrected chi connectivity index (χ3v) is 4.35. The largest absolute Gasteiger partial charge is 0.302 e. The van der Waals surface area contributed by atoms with Crippen molar-refractivity contribution >= 4 is 34.7 Å². The molecule has 6 heteroatoms. The van der Waals surface area contributed by atoms with E-state index in [0.29, 0.717) is 22.2 Å². The monoisotopic (exact) mass is 362 g/mol. The molecular weight excluding hydrogens is 348 g/mol. The molecule has 0 spiro atoms. The van der Waals surface area contributed by atoms with Crippen molar-refractivity contribution < 1.29 is 4.79 Å². The molecule has 1 atom stereocenters. The summed E-state index contributed by atoms with van der Waals surface area (Å²) in [7, 11) is 0. The van der Waals surface area contributed by atoms with Crippen LogP contribution in [-0.2, 0) is 4.79 Å². The fraction of sp³-hybridized carbons (Fsp3) is 0.0500. The van der Waals surface area contributed by atoms with Crippen LogP contribution in [0.25, 0.3) is 0 Å². The summed E-state index contributed by atoms with van der Waals surface area (Å²) in [5.41, 5.74) is 9.19. The molecule has 1 aliphatic heterocycles. The van der Waals surface area contributed by atoms with E-state index in [2.05, 4.69) is 9.98 Å². The Labute approximate surface area is 155 Å². The van der Waals surface area contributed by atoms with Crippen molar-refractivity contribution in [2.24, 2.45) is 10.7 Å². The van der Waals surface area contributed by atoms with Crippen LogP contribution in [-0.4, -0.2) is 22.8 Å². The van der Waals surface area contributed by atoms with E-state index < -0.39 is 6.17 Å².